The highest BCUT2D eigenvalue weighted by Crippen LogP contribution is 2.35. The average molecular weight is 340 g/mol. The number of hydrogen-bond donors (Lipinski definition) is 0. The molecule has 1 aromatic heterocycles. The lowest BCUT2D eigenvalue weighted by atomic mass is 10.1. The van der Waals surface area contributed by atoms with Gasteiger partial charge in [0.1, 0.15) is 0 Å². The molecule has 0 spiro atoms. The minimum Gasteiger partial charge on any atom is -0.377 e. The quantitative estimate of drug-likeness (QED) is 0.837. The summed E-state index contributed by atoms with van der Waals surface area (Å²) >= 11 is 0. The Morgan fingerprint density at radius 3 is 2.84 bits per heavy atom. The van der Waals surface area contributed by atoms with E-state index in [1.165, 1.54) is 12.8 Å². The third-order valence-corrected chi connectivity index (χ3v) is 5.16. The number of carbonyl (C=O) groups is 1. The summed E-state index contributed by atoms with van der Waals surface area (Å²) in [6.45, 7) is 3.94. The molecule has 1 saturated heterocycles. The summed E-state index contributed by atoms with van der Waals surface area (Å²) in [6.07, 6.45) is 3.97. The molecule has 0 radical (unpaired) electrons. The molecule has 132 valence electrons. The van der Waals surface area contributed by atoms with Gasteiger partial charge in [-0.25, -0.2) is 4.68 Å². The number of ether oxygens (including phenoxy) is 1. The molecule has 1 unspecified atom stereocenters. The Morgan fingerprint density at radius 2 is 2.08 bits per heavy atom. The zero-order valence-electron chi connectivity index (χ0n) is 14.6. The molecule has 1 aliphatic heterocycles. The van der Waals surface area contributed by atoms with Crippen molar-refractivity contribution < 1.29 is 9.53 Å². The summed E-state index contributed by atoms with van der Waals surface area (Å²) in [4.78, 5) is 14.9. The highest BCUT2D eigenvalue weighted by Gasteiger charge is 2.33. The second kappa shape index (κ2) is 6.96. The zero-order valence-corrected chi connectivity index (χ0v) is 14.6. The molecule has 2 heterocycles. The summed E-state index contributed by atoms with van der Waals surface area (Å²) in [7, 11) is 0. The Bertz CT molecular complexity index is 739. The first-order valence-corrected chi connectivity index (χ1v) is 9.06. The Hall–Kier alpha value is -2.21. The molecule has 2 aliphatic rings. The third-order valence-electron chi connectivity index (χ3n) is 5.16. The summed E-state index contributed by atoms with van der Waals surface area (Å²) in [5.74, 6) is 0.917. The SMILES string of the molecule is Cc1c(CC(=O)N2CCOCC2CC2CC2)nnn1-c1ccccc1. The minimum atomic E-state index is 0.136. The largest absolute Gasteiger partial charge is 0.377 e. The number of para-hydroxylation sites is 1. The van der Waals surface area contributed by atoms with Crippen LogP contribution in [0.15, 0.2) is 30.3 Å². The maximum Gasteiger partial charge on any atom is 0.229 e. The molecule has 0 N–H and O–H groups in total. The predicted molar refractivity (Wildman–Crippen MR) is 93.5 cm³/mol. The van der Waals surface area contributed by atoms with Crippen LogP contribution in [0.4, 0.5) is 0 Å². The Labute approximate surface area is 147 Å². The van der Waals surface area contributed by atoms with E-state index < -0.39 is 0 Å². The summed E-state index contributed by atoms with van der Waals surface area (Å²) < 4.78 is 7.40. The maximum atomic E-state index is 12.9. The molecule has 1 saturated carbocycles. The van der Waals surface area contributed by atoms with Crippen LogP contribution in [0.2, 0.25) is 0 Å². The van der Waals surface area contributed by atoms with Crippen molar-refractivity contribution in [2.45, 2.75) is 38.6 Å². The number of rotatable bonds is 5. The van der Waals surface area contributed by atoms with Crippen LogP contribution in [-0.4, -0.2) is 51.6 Å². The van der Waals surface area contributed by atoms with Gasteiger partial charge in [-0.15, -0.1) is 5.10 Å². The molecule has 1 aromatic carbocycles. The third kappa shape index (κ3) is 3.58. The topological polar surface area (TPSA) is 60.3 Å². The van der Waals surface area contributed by atoms with E-state index in [2.05, 4.69) is 10.3 Å². The lowest BCUT2D eigenvalue weighted by molar-refractivity contribution is -0.139. The molecule has 1 atom stereocenters. The Kier molecular flexibility index (Phi) is 4.53. The van der Waals surface area contributed by atoms with Gasteiger partial charge in [-0.2, -0.15) is 0 Å². The van der Waals surface area contributed by atoms with E-state index in [1.807, 2.05) is 42.2 Å². The fraction of sp³-hybridized carbons (Fsp3) is 0.526. The fourth-order valence-electron chi connectivity index (χ4n) is 3.50. The molecule has 1 aliphatic carbocycles. The van der Waals surface area contributed by atoms with Crippen LogP contribution in [0.25, 0.3) is 5.69 Å². The number of nitrogens with zero attached hydrogens (tertiary/aromatic N) is 4. The highest BCUT2D eigenvalue weighted by molar-refractivity contribution is 5.79. The minimum absolute atomic E-state index is 0.136. The molecule has 4 rings (SSSR count). The van der Waals surface area contributed by atoms with Gasteiger partial charge < -0.3 is 9.64 Å². The van der Waals surface area contributed by atoms with E-state index in [9.17, 15) is 4.79 Å². The van der Waals surface area contributed by atoms with Gasteiger partial charge in [-0.1, -0.05) is 36.3 Å². The molecule has 0 bridgehead atoms. The van der Waals surface area contributed by atoms with E-state index in [1.54, 1.807) is 4.68 Å². The molecule has 2 aromatic rings. The van der Waals surface area contributed by atoms with Crippen LogP contribution in [0, 0.1) is 12.8 Å². The van der Waals surface area contributed by atoms with Crippen molar-refractivity contribution in [1.29, 1.82) is 0 Å². The van der Waals surface area contributed by atoms with Gasteiger partial charge in [-0.3, -0.25) is 4.79 Å². The molecule has 2 fully saturated rings. The summed E-state index contributed by atoms with van der Waals surface area (Å²) in [5, 5.41) is 8.49. The first kappa shape index (κ1) is 16.3. The highest BCUT2D eigenvalue weighted by atomic mass is 16.5. The molecule has 6 nitrogen and oxygen atoms in total. The molecular formula is C19H24N4O2. The van der Waals surface area contributed by atoms with Gasteiger partial charge in [0, 0.05) is 6.54 Å². The number of benzene rings is 1. The normalized spacial score (nSPS) is 20.7. The van der Waals surface area contributed by atoms with E-state index in [4.69, 9.17) is 4.74 Å². The molecule has 25 heavy (non-hydrogen) atoms. The van der Waals surface area contributed by atoms with Gasteiger partial charge in [0.05, 0.1) is 42.8 Å². The first-order chi connectivity index (χ1) is 12.2. The van der Waals surface area contributed by atoms with E-state index in [0.29, 0.717) is 26.2 Å². The van der Waals surface area contributed by atoms with Crippen LogP contribution in [-0.2, 0) is 16.0 Å². The van der Waals surface area contributed by atoms with Crippen LogP contribution >= 0.6 is 0 Å². The van der Waals surface area contributed by atoms with Crippen LogP contribution in [0.1, 0.15) is 30.7 Å². The van der Waals surface area contributed by atoms with Gasteiger partial charge >= 0.3 is 0 Å². The second-order valence-electron chi connectivity index (χ2n) is 7.04. The van der Waals surface area contributed by atoms with E-state index in [-0.39, 0.29) is 11.9 Å². The number of hydrogen-bond acceptors (Lipinski definition) is 4. The predicted octanol–water partition coefficient (Wildman–Crippen LogP) is 2.15. The lowest BCUT2D eigenvalue weighted by Gasteiger charge is -2.35. The van der Waals surface area contributed by atoms with Gasteiger partial charge in [0.15, 0.2) is 0 Å². The van der Waals surface area contributed by atoms with Gasteiger partial charge in [-0.05, 0) is 31.4 Å². The van der Waals surface area contributed by atoms with Gasteiger partial charge in [0.25, 0.3) is 0 Å². The van der Waals surface area contributed by atoms with Crippen LogP contribution in [0.5, 0.6) is 0 Å². The Morgan fingerprint density at radius 1 is 1.28 bits per heavy atom. The number of amides is 1. The average Bonchev–Trinajstić information content (AvgIpc) is 3.39. The van der Waals surface area contributed by atoms with E-state index in [0.717, 1.165) is 29.4 Å². The number of morpholine rings is 1. The van der Waals surface area contributed by atoms with Crippen molar-refractivity contribution in [3.63, 3.8) is 0 Å². The van der Waals surface area contributed by atoms with Crippen molar-refractivity contribution >= 4 is 5.91 Å². The van der Waals surface area contributed by atoms with Crippen molar-refractivity contribution in [1.82, 2.24) is 19.9 Å². The lowest BCUT2D eigenvalue weighted by Crippen LogP contribution is -2.49. The van der Waals surface area contributed by atoms with Crippen LogP contribution < -0.4 is 0 Å². The van der Waals surface area contributed by atoms with Crippen LogP contribution in [0.3, 0.4) is 0 Å². The fourth-order valence-corrected chi connectivity index (χ4v) is 3.50. The Balaban J connectivity index is 1.47. The van der Waals surface area contributed by atoms with Crippen molar-refractivity contribution in [3.8, 4) is 5.69 Å². The monoisotopic (exact) mass is 340 g/mol. The van der Waals surface area contributed by atoms with Crippen molar-refractivity contribution in [2.24, 2.45) is 5.92 Å². The van der Waals surface area contributed by atoms with Crippen molar-refractivity contribution in [2.75, 3.05) is 19.8 Å². The number of carbonyl (C=O) groups excluding carboxylic acids is 1. The zero-order chi connectivity index (χ0) is 17.2. The smallest absolute Gasteiger partial charge is 0.229 e. The molecular weight excluding hydrogens is 316 g/mol. The standard InChI is InChI=1S/C19H24N4O2/c1-14-18(20-21-23(14)16-5-3-2-4-6-16)12-19(24)22-9-10-25-13-17(22)11-15-7-8-15/h2-6,15,17H,7-13H2,1H3. The summed E-state index contributed by atoms with van der Waals surface area (Å²) in [6, 6.07) is 10.1. The summed E-state index contributed by atoms with van der Waals surface area (Å²) in [5.41, 5.74) is 2.64. The van der Waals surface area contributed by atoms with Crippen molar-refractivity contribution in [3.05, 3.63) is 41.7 Å². The maximum absolute atomic E-state index is 12.9. The van der Waals surface area contributed by atoms with Gasteiger partial charge in [0.2, 0.25) is 5.91 Å². The molecule has 1 amide bonds. The second-order valence-corrected chi connectivity index (χ2v) is 7.04. The number of aromatic nitrogens is 3. The molecule has 6 heteroatoms. The van der Waals surface area contributed by atoms with E-state index >= 15 is 0 Å². The first-order valence-electron chi connectivity index (χ1n) is 9.06.